The highest BCUT2D eigenvalue weighted by atomic mass is 16.7. The molecule has 0 saturated heterocycles. The molecule has 1 aromatic carbocycles. The maximum atomic E-state index is 12.0. The van der Waals surface area contributed by atoms with Crippen LogP contribution < -0.4 is 20.1 Å². The third-order valence-corrected chi connectivity index (χ3v) is 4.19. The summed E-state index contributed by atoms with van der Waals surface area (Å²) in [5.41, 5.74) is 0.709. The molecule has 1 heterocycles. The number of carbonyl (C=O) groups is 1. The molecule has 5 nitrogen and oxygen atoms in total. The van der Waals surface area contributed by atoms with Crippen LogP contribution in [-0.4, -0.2) is 18.4 Å². The van der Waals surface area contributed by atoms with E-state index in [2.05, 4.69) is 10.6 Å². The number of carbonyl (C=O) groups excluding carboxylic acids is 1. The number of urea groups is 1. The lowest BCUT2D eigenvalue weighted by Gasteiger charge is -2.21. The number of hydrogen-bond acceptors (Lipinski definition) is 3. The molecule has 1 saturated carbocycles. The molecule has 0 unspecified atom stereocenters. The highest BCUT2D eigenvalue weighted by Crippen LogP contribution is 2.40. The zero-order valence-corrected chi connectivity index (χ0v) is 13.3. The van der Waals surface area contributed by atoms with Gasteiger partial charge in [0.05, 0.1) is 0 Å². The summed E-state index contributed by atoms with van der Waals surface area (Å²) in [6, 6.07) is 5.28. The Morgan fingerprint density at radius 3 is 2.68 bits per heavy atom. The Balaban J connectivity index is 1.52. The van der Waals surface area contributed by atoms with Gasteiger partial charge in [-0.25, -0.2) is 4.79 Å². The number of hydrogen-bond donors (Lipinski definition) is 2. The number of amides is 2. The van der Waals surface area contributed by atoms with Gasteiger partial charge >= 0.3 is 6.03 Å². The number of nitrogens with one attached hydrogen (secondary N) is 2. The third kappa shape index (κ3) is 3.64. The molecular weight excluding hydrogens is 280 g/mol. The molecule has 0 bridgehead atoms. The molecular formula is C17H24N2O3. The summed E-state index contributed by atoms with van der Waals surface area (Å²) in [6.07, 6.45) is 6.34. The summed E-state index contributed by atoms with van der Waals surface area (Å²) in [5.74, 6) is 1.34. The van der Waals surface area contributed by atoms with Crippen LogP contribution in [0.4, 0.5) is 10.5 Å². The number of ether oxygens (including phenoxy) is 2. The second kappa shape index (κ2) is 6.07. The fourth-order valence-corrected chi connectivity index (χ4v) is 3.10. The van der Waals surface area contributed by atoms with Gasteiger partial charge in [-0.2, -0.15) is 0 Å². The monoisotopic (exact) mass is 304 g/mol. The van der Waals surface area contributed by atoms with E-state index in [1.807, 2.05) is 26.0 Å². The van der Waals surface area contributed by atoms with Gasteiger partial charge < -0.3 is 20.1 Å². The van der Waals surface area contributed by atoms with Gasteiger partial charge in [-0.05, 0) is 30.9 Å². The Morgan fingerprint density at radius 1 is 1.18 bits per heavy atom. The highest BCUT2D eigenvalue weighted by molar-refractivity contribution is 5.89. The van der Waals surface area contributed by atoms with Gasteiger partial charge in [0.25, 0.3) is 0 Å². The average molecular weight is 304 g/mol. The van der Waals surface area contributed by atoms with Crippen LogP contribution in [0.2, 0.25) is 0 Å². The topological polar surface area (TPSA) is 59.6 Å². The van der Waals surface area contributed by atoms with Gasteiger partial charge in [0, 0.05) is 32.1 Å². The maximum Gasteiger partial charge on any atom is 0.319 e. The first-order valence-electron chi connectivity index (χ1n) is 8.09. The Kier molecular flexibility index (Phi) is 4.14. The average Bonchev–Trinajstić information content (AvgIpc) is 2.79. The van der Waals surface area contributed by atoms with Gasteiger partial charge in [0.2, 0.25) is 5.79 Å². The van der Waals surface area contributed by atoms with Crippen LogP contribution in [0.5, 0.6) is 11.5 Å². The summed E-state index contributed by atoms with van der Waals surface area (Å²) in [7, 11) is 0. The predicted molar refractivity (Wildman–Crippen MR) is 85.4 cm³/mol. The SMILES string of the molecule is CC1(C)Oc2ccc(NC(=O)NCC3CCCCC3)cc2O1. The van der Waals surface area contributed by atoms with E-state index in [1.165, 1.54) is 32.1 Å². The summed E-state index contributed by atoms with van der Waals surface area (Å²) in [6.45, 7) is 4.47. The van der Waals surface area contributed by atoms with E-state index in [1.54, 1.807) is 6.07 Å². The van der Waals surface area contributed by atoms with Gasteiger partial charge in [0.15, 0.2) is 11.5 Å². The zero-order chi connectivity index (χ0) is 15.6. The van der Waals surface area contributed by atoms with Crippen molar-refractivity contribution in [1.82, 2.24) is 5.32 Å². The fraction of sp³-hybridized carbons (Fsp3) is 0.588. The molecule has 0 radical (unpaired) electrons. The lowest BCUT2D eigenvalue weighted by atomic mass is 9.89. The second-order valence-corrected chi connectivity index (χ2v) is 6.60. The molecule has 2 amide bonds. The molecule has 1 aliphatic carbocycles. The Hall–Kier alpha value is -1.91. The van der Waals surface area contributed by atoms with Crippen molar-refractivity contribution in [2.45, 2.75) is 51.7 Å². The number of benzene rings is 1. The largest absolute Gasteiger partial charge is 0.449 e. The first-order chi connectivity index (χ1) is 10.5. The molecule has 1 aromatic rings. The predicted octanol–water partition coefficient (Wildman–Crippen LogP) is 3.90. The fourth-order valence-electron chi connectivity index (χ4n) is 3.10. The van der Waals surface area contributed by atoms with Crippen molar-refractivity contribution in [3.63, 3.8) is 0 Å². The van der Waals surface area contributed by atoms with E-state index in [0.717, 1.165) is 6.54 Å². The minimum absolute atomic E-state index is 0.163. The van der Waals surface area contributed by atoms with Crippen molar-refractivity contribution in [1.29, 1.82) is 0 Å². The molecule has 1 fully saturated rings. The molecule has 2 aliphatic rings. The minimum atomic E-state index is -0.649. The van der Waals surface area contributed by atoms with E-state index < -0.39 is 5.79 Å². The number of anilines is 1. The molecule has 2 N–H and O–H groups in total. The third-order valence-electron chi connectivity index (χ3n) is 4.19. The van der Waals surface area contributed by atoms with Crippen LogP contribution in [0, 0.1) is 5.92 Å². The van der Waals surface area contributed by atoms with Crippen molar-refractivity contribution < 1.29 is 14.3 Å². The second-order valence-electron chi connectivity index (χ2n) is 6.60. The number of fused-ring (bicyclic) bond motifs is 1. The van der Waals surface area contributed by atoms with Crippen LogP contribution in [-0.2, 0) is 0 Å². The first kappa shape index (κ1) is 15.0. The standard InChI is InChI=1S/C17H24N2O3/c1-17(2)21-14-9-8-13(10-15(14)22-17)19-16(20)18-11-12-6-4-3-5-7-12/h8-10,12H,3-7,11H2,1-2H3,(H2,18,19,20). The summed E-state index contributed by atoms with van der Waals surface area (Å²) >= 11 is 0. The molecule has 120 valence electrons. The van der Waals surface area contributed by atoms with Gasteiger partial charge in [-0.15, -0.1) is 0 Å². The van der Waals surface area contributed by atoms with Gasteiger partial charge in [-0.1, -0.05) is 19.3 Å². The van der Waals surface area contributed by atoms with Gasteiger partial charge in [-0.3, -0.25) is 0 Å². The quantitative estimate of drug-likeness (QED) is 0.890. The molecule has 3 rings (SSSR count). The van der Waals surface area contributed by atoms with E-state index in [4.69, 9.17) is 9.47 Å². The van der Waals surface area contributed by atoms with E-state index in [-0.39, 0.29) is 6.03 Å². The summed E-state index contributed by atoms with van der Waals surface area (Å²) in [4.78, 5) is 12.0. The highest BCUT2D eigenvalue weighted by Gasteiger charge is 2.31. The first-order valence-corrected chi connectivity index (χ1v) is 8.09. The van der Waals surface area contributed by atoms with Crippen LogP contribution in [0.25, 0.3) is 0 Å². The lowest BCUT2D eigenvalue weighted by molar-refractivity contribution is -0.0431. The van der Waals surface area contributed by atoms with Crippen molar-refractivity contribution in [2.75, 3.05) is 11.9 Å². The van der Waals surface area contributed by atoms with Crippen molar-refractivity contribution in [3.8, 4) is 11.5 Å². The minimum Gasteiger partial charge on any atom is -0.449 e. The maximum absolute atomic E-state index is 12.0. The van der Waals surface area contributed by atoms with Crippen LogP contribution in [0.1, 0.15) is 46.0 Å². The molecule has 0 atom stereocenters. The Labute approximate surface area is 131 Å². The molecule has 1 aliphatic heterocycles. The molecule has 0 spiro atoms. The summed E-state index contributed by atoms with van der Waals surface area (Å²) < 4.78 is 11.3. The van der Waals surface area contributed by atoms with E-state index >= 15 is 0 Å². The van der Waals surface area contributed by atoms with Crippen molar-refractivity contribution >= 4 is 11.7 Å². The van der Waals surface area contributed by atoms with Crippen LogP contribution in [0.15, 0.2) is 18.2 Å². The van der Waals surface area contributed by atoms with E-state index in [0.29, 0.717) is 23.1 Å². The lowest BCUT2D eigenvalue weighted by Crippen LogP contribution is -2.33. The molecule has 5 heteroatoms. The Bertz CT molecular complexity index is 551. The molecule has 0 aromatic heterocycles. The molecule has 22 heavy (non-hydrogen) atoms. The van der Waals surface area contributed by atoms with E-state index in [9.17, 15) is 4.79 Å². The van der Waals surface area contributed by atoms with Crippen molar-refractivity contribution in [3.05, 3.63) is 18.2 Å². The van der Waals surface area contributed by atoms with Crippen LogP contribution >= 0.6 is 0 Å². The van der Waals surface area contributed by atoms with Crippen molar-refractivity contribution in [2.24, 2.45) is 5.92 Å². The summed E-state index contributed by atoms with van der Waals surface area (Å²) in [5, 5.41) is 5.82. The smallest absolute Gasteiger partial charge is 0.319 e. The zero-order valence-electron chi connectivity index (χ0n) is 13.3. The normalized spacial score (nSPS) is 19.7. The number of rotatable bonds is 3. The Morgan fingerprint density at radius 2 is 1.91 bits per heavy atom. The van der Waals surface area contributed by atoms with Crippen LogP contribution in [0.3, 0.4) is 0 Å². The van der Waals surface area contributed by atoms with Gasteiger partial charge in [0.1, 0.15) is 0 Å².